The van der Waals surface area contributed by atoms with E-state index < -0.39 is 5.82 Å². The number of hydrogen-bond donors (Lipinski definition) is 0. The van der Waals surface area contributed by atoms with E-state index in [1.165, 1.54) is 10.6 Å². The van der Waals surface area contributed by atoms with Crippen LogP contribution in [0.4, 0.5) is 4.39 Å². The van der Waals surface area contributed by atoms with Crippen molar-refractivity contribution < 1.29 is 4.39 Å². The highest BCUT2D eigenvalue weighted by Crippen LogP contribution is 2.25. The molecule has 3 aromatic rings. The van der Waals surface area contributed by atoms with Crippen molar-refractivity contribution in [1.29, 1.82) is 0 Å². The smallest absolute Gasteiger partial charge is 0.188 e. The van der Waals surface area contributed by atoms with Gasteiger partial charge in [0, 0.05) is 4.47 Å². The minimum absolute atomic E-state index is 0.291. The Balaban J connectivity index is 2.31. The lowest BCUT2D eigenvalue weighted by molar-refractivity contribution is 0.628. The van der Waals surface area contributed by atoms with Gasteiger partial charge in [-0.2, -0.15) is 9.61 Å². The fourth-order valence-electron chi connectivity index (χ4n) is 1.60. The second kappa shape index (κ2) is 4.29. The van der Waals surface area contributed by atoms with Crippen LogP contribution in [0.15, 0.2) is 34.8 Å². The third-order valence-electron chi connectivity index (χ3n) is 2.40. The number of fused-ring (bicyclic) bond motifs is 1. The zero-order chi connectivity index (χ0) is 12.7. The molecule has 0 saturated carbocycles. The molecule has 0 aliphatic rings. The molecule has 0 saturated heterocycles. The average molecular weight is 328 g/mol. The fourth-order valence-corrected chi connectivity index (χ4v) is 2.10. The maximum Gasteiger partial charge on any atom is 0.188 e. The molecule has 0 bridgehead atoms. The molecular formula is C11H5BrClFN4. The van der Waals surface area contributed by atoms with Gasteiger partial charge in [-0.25, -0.2) is 4.39 Å². The van der Waals surface area contributed by atoms with Crippen LogP contribution in [0.3, 0.4) is 0 Å². The lowest BCUT2D eigenvalue weighted by Gasteiger charge is -2.01. The Morgan fingerprint density at radius 3 is 2.83 bits per heavy atom. The molecule has 3 rings (SSSR count). The van der Waals surface area contributed by atoms with Gasteiger partial charge in [-0.1, -0.05) is 27.5 Å². The van der Waals surface area contributed by atoms with Crippen molar-refractivity contribution in [3.8, 4) is 11.4 Å². The SMILES string of the molecule is Fc1ccc(Br)cc1-c1nnc2ccc(Cl)nn12. The number of benzene rings is 1. The molecule has 0 amide bonds. The van der Waals surface area contributed by atoms with E-state index >= 15 is 0 Å². The maximum atomic E-state index is 13.8. The van der Waals surface area contributed by atoms with Gasteiger partial charge in [-0.05, 0) is 30.3 Å². The van der Waals surface area contributed by atoms with E-state index in [0.29, 0.717) is 22.2 Å². The largest absolute Gasteiger partial charge is 0.206 e. The zero-order valence-corrected chi connectivity index (χ0v) is 11.2. The summed E-state index contributed by atoms with van der Waals surface area (Å²) in [7, 11) is 0. The lowest BCUT2D eigenvalue weighted by Crippen LogP contribution is -1.96. The van der Waals surface area contributed by atoms with Crippen LogP contribution in [0, 0.1) is 5.82 Å². The Morgan fingerprint density at radius 2 is 2.00 bits per heavy atom. The summed E-state index contributed by atoms with van der Waals surface area (Å²) in [6, 6.07) is 7.86. The molecule has 0 radical (unpaired) electrons. The molecule has 7 heteroatoms. The fraction of sp³-hybridized carbons (Fsp3) is 0. The standard InChI is InChI=1S/C11H5BrClFN4/c12-6-1-2-8(14)7(5-6)11-16-15-10-4-3-9(13)17-18(10)11/h1-5H. The van der Waals surface area contributed by atoms with Gasteiger partial charge in [0.1, 0.15) is 11.0 Å². The topological polar surface area (TPSA) is 43.1 Å². The first-order valence-electron chi connectivity index (χ1n) is 4.98. The highest BCUT2D eigenvalue weighted by Gasteiger charge is 2.14. The minimum atomic E-state index is -0.394. The predicted molar refractivity (Wildman–Crippen MR) is 68.9 cm³/mol. The molecular weight excluding hydrogens is 323 g/mol. The van der Waals surface area contributed by atoms with Crippen LogP contribution in [-0.4, -0.2) is 19.8 Å². The minimum Gasteiger partial charge on any atom is -0.206 e. The quantitative estimate of drug-likeness (QED) is 0.688. The molecule has 1 aromatic carbocycles. The summed E-state index contributed by atoms with van der Waals surface area (Å²) in [6.07, 6.45) is 0. The van der Waals surface area contributed by atoms with Gasteiger partial charge < -0.3 is 0 Å². The van der Waals surface area contributed by atoms with Crippen molar-refractivity contribution in [2.24, 2.45) is 0 Å². The molecule has 0 fully saturated rings. The van der Waals surface area contributed by atoms with Gasteiger partial charge in [0.15, 0.2) is 11.5 Å². The molecule has 2 aromatic heterocycles. The molecule has 0 N–H and O–H groups in total. The summed E-state index contributed by atoms with van der Waals surface area (Å²) in [4.78, 5) is 0. The first-order chi connectivity index (χ1) is 8.65. The summed E-state index contributed by atoms with van der Waals surface area (Å²) >= 11 is 9.11. The Hall–Kier alpha value is -1.53. The van der Waals surface area contributed by atoms with Gasteiger partial charge >= 0.3 is 0 Å². The Morgan fingerprint density at radius 1 is 1.17 bits per heavy atom. The van der Waals surface area contributed by atoms with E-state index in [0.717, 1.165) is 4.47 Å². The molecule has 0 unspecified atom stereocenters. The van der Waals surface area contributed by atoms with Crippen LogP contribution in [0.1, 0.15) is 0 Å². The van der Waals surface area contributed by atoms with Crippen LogP contribution in [0.25, 0.3) is 17.0 Å². The first kappa shape index (κ1) is 11.6. The van der Waals surface area contributed by atoms with Crippen molar-refractivity contribution >= 4 is 33.2 Å². The van der Waals surface area contributed by atoms with Crippen LogP contribution < -0.4 is 0 Å². The van der Waals surface area contributed by atoms with E-state index in [1.807, 2.05) is 0 Å². The summed E-state index contributed by atoms with van der Waals surface area (Å²) in [5, 5.41) is 12.2. The normalized spacial score (nSPS) is 11.1. The number of hydrogen-bond acceptors (Lipinski definition) is 3. The van der Waals surface area contributed by atoms with E-state index in [-0.39, 0.29) is 0 Å². The van der Waals surface area contributed by atoms with E-state index in [2.05, 4.69) is 31.2 Å². The Bertz CT molecular complexity index is 743. The van der Waals surface area contributed by atoms with E-state index in [4.69, 9.17) is 11.6 Å². The van der Waals surface area contributed by atoms with Gasteiger partial charge in [-0.3, -0.25) is 0 Å². The summed E-state index contributed by atoms with van der Waals surface area (Å²) in [5.74, 6) is -0.0828. The van der Waals surface area contributed by atoms with Crippen LogP contribution in [0.2, 0.25) is 5.15 Å². The van der Waals surface area contributed by atoms with Crippen molar-refractivity contribution in [2.45, 2.75) is 0 Å². The van der Waals surface area contributed by atoms with Gasteiger partial charge in [0.05, 0.1) is 5.56 Å². The lowest BCUT2D eigenvalue weighted by atomic mass is 10.2. The zero-order valence-electron chi connectivity index (χ0n) is 8.81. The Kier molecular flexibility index (Phi) is 2.76. The molecule has 18 heavy (non-hydrogen) atoms. The van der Waals surface area contributed by atoms with Crippen LogP contribution in [-0.2, 0) is 0 Å². The van der Waals surface area contributed by atoms with Gasteiger partial charge in [-0.15, -0.1) is 10.2 Å². The second-order valence-electron chi connectivity index (χ2n) is 3.57. The van der Waals surface area contributed by atoms with Crippen molar-refractivity contribution in [3.05, 3.63) is 45.8 Å². The average Bonchev–Trinajstić information content (AvgIpc) is 2.75. The van der Waals surface area contributed by atoms with Crippen molar-refractivity contribution in [1.82, 2.24) is 19.8 Å². The van der Waals surface area contributed by atoms with Gasteiger partial charge in [0.25, 0.3) is 0 Å². The monoisotopic (exact) mass is 326 g/mol. The second-order valence-corrected chi connectivity index (χ2v) is 4.88. The number of halogens is 3. The Labute approximate surface area is 115 Å². The van der Waals surface area contributed by atoms with Crippen LogP contribution >= 0.6 is 27.5 Å². The van der Waals surface area contributed by atoms with Crippen LogP contribution in [0.5, 0.6) is 0 Å². The number of nitrogens with zero attached hydrogens (tertiary/aromatic N) is 4. The molecule has 2 heterocycles. The molecule has 4 nitrogen and oxygen atoms in total. The molecule has 0 atom stereocenters. The van der Waals surface area contributed by atoms with Crippen molar-refractivity contribution in [3.63, 3.8) is 0 Å². The third-order valence-corrected chi connectivity index (χ3v) is 3.09. The van der Waals surface area contributed by atoms with Crippen molar-refractivity contribution in [2.75, 3.05) is 0 Å². The highest BCUT2D eigenvalue weighted by molar-refractivity contribution is 9.10. The predicted octanol–water partition coefficient (Wildman–Crippen LogP) is 3.35. The first-order valence-corrected chi connectivity index (χ1v) is 6.15. The molecule has 0 spiro atoms. The van der Waals surface area contributed by atoms with E-state index in [9.17, 15) is 4.39 Å². The number of aromatic nitrogens is 4. The maximum absolute atomic E-state index is 13.8. The van der Waals surface area contributed by atoms with Gasteiger partial charge in [0.2, 0.25) is 0 Å². The third kappa shape index (κ3) is 1.87. The van der Waals surface area contributed by atoms with E-state index in [1.54, 1.807) is 24.3 Å². The molecule has 0 aliphatic carbocycles. The summed E-state index contributed by atoms with van der Waals surface area (Å²) in [5.41, 5.74) is 0.820. The molecule has 90 valence electrons. The molecule has 0 aliphatic heterocycles. The number of rotatable bonds is 1. The highest BCUT2D eigenvalue weighted by atomic mass is 79.9. The summed E-state index contributed by atoms with van der Waals surface area (Å²) < 4.78 is 16.0. The summed E-state index contributed by atoms with van der Waals surface area (Å²) in [6.45, 7) is 0.